The molecular weight excluding hydrogens is 392 g/mol. The topological polar surface area (TPSA) is 54.7 Å². The second-order valence-corrected chi connectivity index (χ2v) is 6.81. The minimum absolute atomic E-state index is 0.526. The zero-order valence-electron chi connectivity index (χ0n) is 17.7. The smallest absolute Gasteiger partial charge is 0.203 e. The average molecular weight is 416 g/mol. The van der Waals surface area contributed by atoms with Crippen molar-refractivity contribution in [3.63, 3.8) is 0 Å². The molecule has 0 atom stereocenters. The van der Waals surface area contributed by atoms with Crippen molar-refractivity contribution in [2.45, 2.75) is 6.61 Å². The highest BCUT2D eigenvalue weighted by Crippen LogP contribution is 2.41. The zero-order chi connectivity index (χ0) is 21.6. The molecule has 0 fully saturated rings. The fourth-order valence-corrected chi connectivity index (χ4v) is 3.38. The van der Waals surface area contributed by atoms with Crippen molar-refractivity contribution in [1.82, 2.24) is 9.78 Å². The first-order chi connectivity index (χ1) is 15.2. The van der Waals surface area contributed by atoms with Crippen LogP contribution in [0.25, 0.3) is 16.9 Å². The molecule has 0 spiro atoms. The van der Waals surface area contributed by atoms with Gasteiger partial charge >= 0.3 is 0 Å². The van der Waals surface area contributed by atoms with E-state index < -0.39 is 0 Å². The lowest BCUT2D eigenvalue weighted by atomic mass is 10.1. The van der Waals surface area contributed by atoms with Crippen molar-refractivity contribution in [1.29, 1.82) is 0 Å². The minimum Gasteiger partial charge on any atom is -0.493 e. The number of hydrogen-bond donors (Lipinski definition) is 0. The highest BCUT2D eigenvalue weighted by Gasteiger charge is 2.16. The Kier molecular flexibility index (Phi) is 6.08. The number of hydrogen-bond acceptors (Lipinski definition) is 5. The quantitative estimate of drug-likeness (QED) is 0.398. The monoisotopic (exact) mass is 416 g/mol. The van der Waals surface area contributed by atoms with Crippen molar-refractivity contribution in [2.75, 3.05) is 21.3 Å². The van der Waals surface area contributed by atoms with Gasteiger partial charge in [0.2, 0.25) is 5.75 Å². The lowest BCUT2D eigenvalue weighted by molar-refractivity contribution is 0.306. The van der Waals surface area contributed by atoms with Crippen LogP contribution < -0.4 is 18.9 Å². The SMILES string of the molecule is COc1cc(-c2ccnn2-c2ccc(OCc3ccccc3)cc2)cc(OC)c1OC. The molecule has 1 heterocycles. The van der Waals surface area contributed by atoms with E-state index in [-0.39, 0.29) is 0 Å². The van der Waals surface area contributed by atoms with E-state index in [1.807, 2.05) is 77.5 Å². The molecule has 31 heavy (non-hydrogen) atoms. The second-order valence-electron chi connectivity index (χ2n) is 6.81. The highest BCUT2D eigenvalue weighted by atomic mass is 16.5. The van der Waals surface area contributed by atoms with Crippen LogP contribution in [-0.4, -0.2) is 31.1 Å². The van der Waals surface area contributed by atoms with E-state index in [9.17, 15) is 0 Å². The Hall–Kier alpha value is -3.93. The van der Waals surface area contributed by atoms with E-state index in [2.05, 4.69) is 5.10 Å². The summed E-state index contributed by atoms with van der Waals surface area (Å²) in [6, 6.07) is 23.7. The fraction of sp³-hybridized carbons (Fsp3) is 0.160. The van der Waals surface area contributed by atoms with Gasteiger partial charge in [0.05, 0.1) is 38.9 Å². The molecule has 4 rings (SSSR count). The Morgan fingerprint density at radius 1 is 0.774 bits per heavy atom. The Bertz CT molecular complexity index is 1110. The fourth-order valence-electron chi connectivity index (χ4n) is 3.38. The van der Waals surface area contributed by atoms with Crippen LogP contribution in [0, 0.1) is 0 Å². The van der Waals surface area contributed by atoms with Crippen LogP contribution in [0.5, 0.6) is 23.0 Å². The molecular formula is C25H24N2O4. The number of methoxy groups -OCH3 is 3. The molecule has 1 aromatic heterocycles. The lowest BCUT2D eigenvalue weighted by Crippen LogP contribution is -2.01. The Balaban J connectivity index is 1.60. The molecule has 0 amide bonds. The van der Waals surface area contributed by atoms with Gasteiger partial charge in [-0.3, -0.25) is 0 Å². The van der Waals surface area contributed by atoms with Gasteiger partial charge in [-0.15, -0.1) is 0 Å². The molecule has 0 N–H and O–H groups in total. The normalized spacial score (nSPS) is 10.5. The van der Waals surface area contributed by atoms with Crippen molar-refractivity contribution in [3.05, 3.63) is 84.6 Å². The van der Waals surface area contributed by atoms with Crippen LogP contribution in [0.1, 0.15) is 5.56 Å². The molecule has 0 aliphatic carbocycles. The van der Waals surface area contributed by atoms with Crippen LogP contribution in [0.3, 0.4) is 0 Å². The maximum atomic E-state index is 5.89. The average Bonchev–Trinajstić information content (AvgIpc) is 3.32. The first-order valence-electron chi connectivity index (χ1n) is 9.85. The van der Waals surface area contributed by atoms with Crippen molar-refractivity contribution in [2.24, 2.45) is 0 Å². The van der Waals surface area contributed by atoms with E-state index in [0.717, 1.165) is 28.3 Å². The third-order valence-corrected chi connectivity index (χ3v) is 4.93. The second kappa shape index (κ2) is 9.26. The third kappa shape index (κ3) is 4.33. The Labute approximate surface area is 181 Å². The predicted octanol–water partition coefficient (Wildman–Crippen LogP) is 5.14. The van der Waals surface area contributed by atoms with E-state index >= 15 is 0 Å². The van der Waals surface area contributed by atoms with Crippen LogP contribution in [-0.2, 0) is 6.61 Å². The first kappa shape index (κ1) is 20.3. The van der Waals surface area contributed by atoms with Gasteiger partial charge in [-0.25, -0.2) is 4.68 Å². The van der Waals surface area contributed by atoms with Gasteiger partial charge in [0.1, 0.15) is 12.4 Å². The van der Waals surface area contributed by atoms with E-state index in [1.54, 1.807) is 27.5 Å². The van der Waals surface area contributed by atoms with Crippen LogP contribution in [0.4, 0.5) is 0 Å². The maximum Gasteiger partial charge on any atom is 0.203 e. The summed E-state index contributed by atoms with van der Waals surface area (Å²) in [5.41, 5.74) is 3.85. The molecule has 6 nitrogen and oxygen atoms in total. The molecule has 4 aromatic rings. The standard InChI is InChI=1S/C25H24N2O4/c1-28-23-15-19(16-24(29-2)25(23)30-3)22-13-14-26-27(22)20-9-11-21(12-10-20)31-17-18-7-5-4-6-8-18/h4-16H,17H2,1-3H3. The molecule has 158 valence electrons. The van der Waals surface area contributed by atoms with E-state index in [1.165, 1.54) is 0 Å². The van der Waals surface area contributed by atoms with Crippen LogP contribution in [0.2, 0.25) is 0 Å². The highest BCUT2D eigenvalue weighted by molar-refractivity contribution is 5.70. The maximum absolute atomic E-state index is 5.89. The van der Waals surface area contributed by atoms with Gasteiger partial charge in [0.15, 0.2) is 11.5 Å². The Morgan fingerprint density at radius 3 is 2.06 bits per heavy atom. The van der Waals surface area contributed by atoms with Gasteiger partial charge in [-0.2, -0.15) is 5.10 Å². The van der Waals surface area contributed by atoms with Gasteiger partial charge in [-0.1, -0.05) is 30.3 Å². The van der Waals surface area contributed by atoms with Crippen LogP contribution >= 0.6 is 0 Å². The summed E-state index contributed by atoms with van der Waals surface area (Å²) in [4.78, 5) is 0. The molecule has 0 bridgehead atoms. The Morgan fingerprint density at radius 2 is 1.45 bits per heavy atom. The van der Waals surface area contributed by atoms with Crippen molar-refractivity contribution >= 4 is 0 Å². The van der Waals surface area contributed by atoms with Crippen molar-refractivity contribution in [3.8, 4) is 39.9 Å². The number of ether oxygens (including phenoxy) is 4. The summed E-state index contributed by atoms with van der Waals surface area (Å²) in [5.74, 6) is 2.54. The number of rotatable bonds is 8. The molecule has 0 saturated heterocycles. The number of aromatic nitrogens is 2. The molecule has 6 heteroatoms. The zero-order valence-corrected chi connectivity index (χ0v) is 17.7. The van der Waals surface area contributed by atoms with Gasteiger partial charge in [0, 0.05) is 5.56 Å². The van der Waals surface area contributed by atoms with Gasteiger partial charge < -0.3 is 18.9 Å². The molecule has 3 aromatic carbocycles. The van der Waals surface area contributed by atoms with Gasteiger partial charge in [-0.05, 0) is 48.0 Å². The van der Waals surface area contributed by atoms with Gasteiger partial charge in [0.25, 0.3) is 0 Å². The predicted molar refractivity (Wildman–Crippen MR) is 119 cm³/mol. The molecule has 0 saturated carbocycles. The summed E-state index contributed by atoms with van der Waals surface area (Å²) in [7, 11) is 4.80. The third-order valence-electron chi connectivity index (χ3n) is 4.93. The first-order valence-corrected chi connectivity index (χ1v) is 9.85. The van der Waals surface area contributed by atoms with E-state index in [0.29, 0.717) is 23.9 Å². The summed E-state index contributed by atoms with van der Waals surface area (Å²) in [5, 5.41) is 4.50. The summed E-state index contributed by atoms with van der Waals surface area (Å²) < 4.78 is 24.2. The summed E-state index contributed by atoms with van der Waals surface area (Å²) >= 11 is 0. The molecule has 0 radical (unpaired) electrons. The molecule has 0 aliphatic heterocycles. The number of nitrogens with zero attached hydrogens (tertiary/aromatic N) is 2. The largest absolute Gasteiger partial charge is 0.493 e. The molecule has 0 unspecified atom stereocenters. The van der Waals surface area contributed by atoms with Crippen LogP contribution in [0.15, 0.2) is 79.0 Å². The molecule has 0 aliphatic rings. The lowest BCUT2D eigenvalue weighted by Gasteiger charge is -2.15. The summed E-state index contributed by atoms with van der Waals surface area (Å²) in [6.07, 6.45) is 1.76. The minimum atomic E-state index is 0.526. The number of benzene rings is 3. The van der Waals surface area contributed by atoms with Crippen molar-refractivity contribution < 1.29 is 18.9 Å². The van der Waals surface area contributed by atoms with E-state index in [4.69, 9.17) is 18.9 Å². The summed E-state index contributed by atoms with van der Waals surface area (Å²) in [6.45, 7) is 0.526.